The minimum absolute atomic E-state index is 0.0749. The first-order valence-electron chi connectivity index (χ1n) is 9.55. The molecule has 178 valence electrons. The van der Waals surface area contributed by atoms with Crippen LogP contribution in [0.4, 0.5) is 0 Å². The number of hydrogen-bond donors (Lipinski definition) is 6. The third kappa shape index (κ3) is 13.5. The van der Waals surface area contributed by atoms with E-state index in [0.717, 1.165) is 11.8 Å². The Bertz CT molecular complexity index is 644. The first-order valence-corrected chi connectivity index (χ1v) is 10.8. The normalized spacial score (nSPS) is 13.0. The molecule has 31 heavy (non-hydrogen) atoms. The first-order chi connectivity index (χ1) is 14.4. The molecular formula is C18H32N4O8S. The van der Waals surface area contributed by atoms with Crippen LogP contribution in [0.5, 0.6) is 0 Å². The van der Waals surface area contributed by atoms with Crippen LogP contribution in [0, 0.1) is 0 Å². The van der Waals surface area contributed by atoms with Crippen molar-refractivity contribution in [1.29, 1.82) is 0 Å². The topological polar surface area (TPSA) is 197 Å². The van der Waals surface area contributed by atoms with E-state index in [1.54, 1.807) is 20.1 Å². The zero-order valence-electron chi connectivity index (χ0n) is 17.9. The molecule has 12 nitrogen and oxygen atoms in total. The van der Waals surface area contributed by atoms with Gasteiger partial charge in [-0.2, -0.15) is 11.8 Å². The lowest BCUT2D eigenvalue weighted by atomic mass is 10.0. The summed E-state index contributed by atoms with van der Waals surface area (Å²) in [5, 5.41) is 24.0. The van der Waals surface area contributed by atoms with Crippen LogP contribution in [0.25, 0.3) is 0 Å². The Balaban J connectivity index is 4.47. The molecule has 0 spiro atoms. The Morgan fingerprint density at radius 1 is 1.06 bits per heavy atom. The maximum Gasteiger partial charge on any atom is 0.305 e. The Kier molecular flexibility index (Phi) is 13.5. The molecule has 0 saturated carbocycles. The van der Waals surface area contributed by atoms with Crippen molar-refractivity contribution in [3.8, 4) is 0 Å². The van der Waals surface area contributed by atoms with Crippen LogP contribution < -0.4 is 21.7 Å². The number of nitrogens with two attached hydrogens (primary N) is 1. The molecule has 0 aliphatic carbocycles. The fourth-order valence-corrected chi connectivity index (χ4v) is 2.89. The molecule has 0 aliphatic heterocycles. The van der Waals surface area contributed by atoms with Crippen LogP contribution in [0.3, 0.4) is 0 Å². The molecule has 0 aromatic rings. The van der Waals surface area contributed by atoms with E-state index in [1.165, 1.54) is 0 Å². The second-order valence-corrected chi connectivity index (χ2v) is 8.32. The summed E-state index contributed by atoms with van der Waals surface area (Å²) in [6.45, 7) is 3.25. The molecular weight excluding hydrogens is 432 g/mol. The smallest absolute Gasteiger partial charge is 0.305 e. The van der Waals surface area contributed by atoms with Crippen molar-refractivity contribution in [2.75, 3.05) is 32.6 Å². The molecule has 0 aliphatic rings. The van der Waals surface area contributed by atoms with Crippen LogP contribution in [0.15, 0.2) is 0 Å². The summed E-state index contributed by atoms with van der Waals surface area (Å²) in [6.07, 6.45) is 1.50. The maximum atomic E-state index is 12.2. The lowest BCUT2D eigenvalue weighted by Gasteiger charge is -2.26. The molecule has 0 fully saturated rings. The van der Waals surface area contributed by atoms with Crippen molar-refractivity contribution in [3.05, 3.63) is 0 Å². The van der Waals surface area contributed by atoms with Crippen LogP contribution in [0.2, 0.25) is 0 Å². The predicted octanol–water partition coefficient (Wildman–Crippen LogP) is -1.47. The van der Waals surface area contributed by atoms with E-state index in [0.29, 0.717) is 6.42 Å². The van der Waals surface area contributed by atoms with Crippen molar-refractivity contribution >= 4 is 41.4 Å². The van der Waals surface area contributed by atoms with E-state index in [4.69, 9.17) is 20.7 Å². The van der Waals surface area contributed by atoms with Gasteiger partial charge in [0.15, 0.2) is 0 Å². The summed E-state index contributed by atoms with van der Waals surface area (Å²) in [6, 6.07) is -1.11. The van der Waals surface area contributed by atoms with Gasteiger partial charge in [-0.25, -0.2) is 0 Å². The van der Waals surface area contributed by atoms with E-state index in [9.17, 15) is 24.0 Å². The predicted molar refractivity (Wildman–Crippen MR) is 113 cm³/mol. The molecule has 3 amide bonds. The average molecular weight is 465 g/mol. The van der Waals surface area contributed by atoms with Gasteiger partial charge in [-0.05, 0) is 26.5 Å². The van der Waals surface area contributed by atoms with Crippen LogP contribution in [-0.2, 0) is 28.7 Å². The van der Waals surface area contributed by atoms with Crippen LogP contribution in [0.1, 0.15) is 33.1 Å². The van der Waals surface area contributed by atoms with E-state index in [2.05, 4.69) is 16.0 Å². The number of amides is 3. The Labute approximate surface area is 185 Å². The van der Waals surface area contributed by atoms with Gasteiger partial charge in [-0.1, -0.05) is 0 Å². The molecule has 13 heteroatoms. The van der Waals surface area contributed by atoms with Gasteiger partial charge in [0.2, 0.25) is 17.7 Å². The molecule has 0 bridgehead atoms. The molecule has 0 radical (unpaired) electrons. The average Bonchev–Trinajstić information content (AvgIpc) is 2.66. The summed E-state index contributed by atoms with van der Waals surface area (Å²) >= 11 is 1.04. The highest BCUT2D eigenvalue weighted by Gasteiger charge is 2.26. The van der Waals surface area contributed by atoms with E-state index >= 15 is 0 Å². The summed E-state index contributed by atoms with van der Waals surface area (Å²) < 4.78 is 5.20. The van der Waals surface area contributed by atoms with E-state index in [1.807, 2.05) is 0 Å². The summed E-state index contributed by atoms with van der Waals surface area (Å²) in [5.74, 6) is -3.88. The van der Waals surface area contributed by atoms with Gasteiger partial charge in [-0.15, -0.1) is 0 Å². The third-order valence-electron chi connectivity index (χ3n) is 4.04. The molecule has 0 saturated heterocycles. The van der Waals surface area contributed by atoms with Crippen LogP contribution in [-0.4, -0.2) is 89.3 Å². The van der Waals surface area contributed by atoms with Gasteiger partial charge in [0.1, 0.15) is 6.04 Å². The van der Waals surface area contributed by atoms with Gasteiger partial charge in [0.05, 0.1) is 31.2 Å². The lowest BCUT2D eigenvalue weighted by Crippen LogP contribution is -2.55. The van der Waals surface area contributed by atoms with Gasteiger partial charge < -0.3 is 36.6 Å². The highest BCUT2D eigenvalue weighted by Crippen LogP contribution is 2.11. The number of carboxylic acid groups (broad SMARTS) is 2. The number of aliphatic carboxylic acids is 2. The van der Waals surface area contributed by atoms with Crippen LogP contribution >= 0.6 is 11.8 Å². The number of thioether (sulfide) groups is 1. The fraction of sp³-hybridized carbons (Fsp3) is 0.722. The Morgan fingerprint density at radius 2 is 1.71 bits per heavy atom. The van der Waals surface area contributed by atoms with E-state index in [-0.39, 0.29) is 32.7 Å². The molecule has 0 heterocycles. The molecule has 7 N–H and O–H groups in total. The van der Waals surface area contributed by atoms with Gasteiger partial charge in [0, 0.05) is 18.7 Å². The fourth-order valence-electron chi connectivity index (χ4n) is 2.30. The number of nitrogens with one attached hydrogen (secondary N) is 3. The quantitative estimate of drug-likeness (QED) is 0.147. The molecule has 2 atom stereocenters. The minimum Gasteiger partial charge on any atom is -0.481 e. The summed E-state index contributed by atoms with van der Waals surface area (Å²) in [5.41, 5.74) is 4.86. The van der Waals surface area contributed by atoms with Crippen molar-refractivity contribution in [2.45, 2.75) is 49.9 Å². The molecule has 0 aromatic heterocycles. The van der Waals surface area contributed by atoms with Gasteiger partial charge >= 0.3 is 11.9 Å². The number of hydrogen-bond acceptors (Lipinski definition) is 8. The van der Waals surface area contributed by atoms with Crippen molar-refractivity contribution in [3.63, 3.8) is 0 Å². The summed E-state index contributed by atoms with van der Waals surface area (Å²) in [7, 11) is 0. The molecule has 1 unspecified atom stereocenters. The van der Waals surface area contributed by atoms with Crippen molar-refractivity contribution < 1.29 is 38.9 Å². The van der Waals surface area contributed by atoms with Gasteiger partial charge in [-0.3, -0.25) is 24.0 Å². The lowest BCUT2D eigenvalue weighted by molar-refractivity contribution is -0.139. The minimum atomic E-state index is -1.14. The van der Waals surface area contributed by atoms with Gasteiger partial charge in [0.25, 0.3) is 0 Å². The second kappa shape index (κ2) is 14.6. The number of carbonyl (C=O) groups excluding carboxylic acids is 3. The highest BCUT2D eigenvalue weighted by atomic mass is 32.2. The highest BCUT2D eigenvalue weighted by molar-refractivity contribution is 7.99. The molecule has 0 aromatic carbocycles. The first kappa shape index (κ1) is 28.6. The number of ether oxygens (including phenoxy) is 1. The number of rotatable bonds is 16. The standard InChI is InChI=1S/C18H32N4O8S/c1-18(2,5-7-30-6-4-14(24)25)22-13(23)10-20-16(28)11(9-19)21-17(29)12(31-3)8-15(26)27/h11-12H,4-10,19H2,1-3H3,(H,20,28)(H,21,29)(H,22,23)(H,24,25)(H,26,27)/t11-,12?/m0/s1. The van der Waals surface area contributed by atoms with E-state index < -0.39 is 52.9 Å². The largest absolute Gasteiger partial charge is 0.481 e. The second-order valence-electron chi connectivity index (χ2n) is 7.28. The maximum absolute atomic E-state index is 12.2. The molecule has 0 rings (SSSR count). The SMILES string of the molecule is CSC(CC(=O)O)C(=O)N[C@@H](CN)C(=O)NCC(=O)NC(C)(C)CCOCCC(=O)O. The third-order valence-corrected chi connectivity index (χ3v) is 4.99. The Hall–Kier alpha value is -2.38. The van der Waals surface area contributed by atoms with Crippen molar-refractivity contribution in [1.82, 2.24) is 16.0 Å². The Morgan fingerprint density at radius 3 is 2.23 bits per heavy atom. The zero-order valence-corrected chi connectivity index (χ0v) is 18.8. The number of carboxylic acids is 2. The zero-order chi connectivity index (χ0) is 24.0. The summed E-state index contributed by atoms with van der Waals surface area (Å²) in [4.78, 5) is 57.7. The van der Waals surface area contributed by atoms with Crippen molar-refractivity contribution in [2.24, 2.45) is 5.73 Å². The monoisotopic (exact) mass is 464 g/mol. The number of carbonyl (C=O) groups is 5.